The van der Waals surface area contributed by atoms with Crippen molar-refractivity contribution in [1.29, 1.82) is 0 Å². The zero-order valence-corrected chi connectivity index (χ0v) is 16.9. The van der Waals surface area contributed by atoms with Gasteiger partial charge >= 0.3 is 0 Å². The third-order valence-electron chi connectivity index (χ3n) is 5.27. The maximum atomic E-state index is 12.4. The minimum absolute atomic E-state index is 0.118. The Hall–Kier alpha value is -0.510. The lowest BCUT2D eigenvalue weighted by Gasteiger charge is -2.26. The van der Waals surface area contributed by atoms with E-state index in [-0.39, 0.29) is 5.75 Å². The van der Waals surface area contributed by atoms with Gasteiger partial charge in [0.05, 0.1) is 5.75 Å². The summed E-state index contributed by atoms with van der Waals surface area (Å²) in [7, 11) is -1.43. The number of nitrogens with one attached hydrogen (secondary N) is 2. The summed E-state index contributed by atoms with van der Waals surface area (Å²) in [4.78, 5) is 6.83. The number of hydrogen-bond donors (Lipinski definition) is 2. The molecule has 0 spiro atoms. The Balaban J connectivity index is 1.43. The van der Waals surface area contributed by atoms with Gasteiger partial charge in [0.2, 0.25) is 10.0 Å². The molecule has 144 valence electrons. The van der Waals surface area contributed by atoms with Gasteiger partial charge in [0, 0.05) is 63.4 Å². The fourth-order valence-corrected chi connectivity index (χ4v) is 6.04. The number of sulfonamides is 1. The standard InChI is InChI=1S/C16H31N5O2S2/c1-13-11-20(14-3-4-14)12-15(13)19-16(17-2)18-5-10-25(22,23)21-6-8-24-9-7-21/h13-15H,3-12H2,1-2H3,(H2,17,18,19). The maximum Gasteiger partial charge on any atom is 0.215 e. The fraction of sp³-hybridized carbons (Fsp3) is 0.938. The normalized spacial score (nSPS) is 29.8. The van der Waals surface area contributed by atoms with E-state index in [4.69, 9.17) is 0 Å². The average Bonchev–Trinajstić information content (AvgIpc) is 3.39. The first kappa shape index (κ1) is 19.3. The van der Waals surface area contributed by atoms with Crippen molar-refractivity contribution in [2.24, 2.45) is 10.9 Å². The first-order valence-corrected chi connectivity index (χ1v) is 12.0. The van der Waals surface area contributed by atoms with Crippen molar-refractivity contribution in [2.75, 3.05) is 57.0 Å². The van der Waals surface area contributed by atoms with Crippen LogP contribution >= 0.6 is 11.8 Å². The van der Waals surface area contributed by atoms with Gasteiger partial charge in [-0.25, -0.2) is 12.7 Å². The lowest BCUT2D eigenvalue weighted by atomic mass is 10.1. The Morgan fingerprint density at radius 1 is 1.24 bits per heavy atom. The molecule has 2 atom stereocenters. The van der Waals surface area contributed by atoms with Crippen LogP contribution in [0, 0.1) is 5.92 Å². The summed E-state index contributed by atoms with van der Waals surface area (Å²) in [5.74, 6) is 3.19. The molecule has 2 saturated heterocycles. The van der Waals surface area contributed by atoms with Crippen LogP contribution in [0.4, 0.5) is 0 Å². The molecular weight excluding hydrogens is 358 g/mol. The Morgan fingerprint density at radius 3 is 2.60 bits per heavy atom. The smallest absolute Gasteiger partial charge is 0.215 e. The minimum Gasteiger partial charge on any atom is -0.355 e. The SMILES string of the molecule is CN=C(NCCS(=O)(=O)N1CCSCC1)NC1CN(C2CC2)CC1C. The van der Waals surface area contributed by atoms with Gasteiger partial charge in [-0.1, -0.05) is 6.92 Å². The van der Waals surface area contributed by atoms with E-state index < -0.39 is 10.0 Å². The molecule has 0 amide bonds. The zero-order chi connectivity index (χ0) is 17.9. The van der Waals surface area contributed by atoms with Crippen molar-refractivity contribution in [3.8, 4) is 0 Å². The van der Waals surface area contributed by atoms with Crippen molar-refractivity contribution in [1.82, 2.24) is 19.8 Å². The molecule has 2 aliphatic heterocycles. The van der Waals surface area contributed by atoms with E-state index in [0.717, 1.165) is 30.6 Å². The summed E-state index contributed by atoms with van der Waals surface area (Å²) in [5.41, 5.74) is 0. The highest BCUT2D eigenvalue weighted by Crippen LogP contribution is 2.31. The van der Waals surface area contributed by atoms with Crippen LogP contribution < -0.4 is 10.6 Å². The first-order valence-electron chi connectivity index (χ1n) is 9.26. The van der Waals surface area contributed by atoms with Crippen LogP contribution in [-0.2, 0) is 10.0 Å². The molecule has 2 heterocycles. The molecule has 2 unspecified atom stereocenters. The summed E-state index contributed by atoms with van der Waals surface area (Å²) in [5, 5.41) is 6.66. The molecule has 0 bridgehead atoms. The van der Waals surface area contributed by atoms with Crippen molar-refractivity contribution < 1.29 is 8.42 Å². The van der Waals surface area contributed by atoms with Crippen LogP contribution in [0.3, 0.4) is 0 Å². The molecule has 3 fully saturated rings. The van der Waals surface area contributed by atoms with Gasteiger partial charge in [0.25, 0.3) is 0 Å². The monoisotopic (exact) mass is 389 g/mol. The second-order valence-electron chi connectivity index (χ2n) is 7.24. The quantitative estimate of drug-likeness (QED) is 0.492. The van der Waals surface area contributed by atoms with Gasteiger partial charge in [0.15, 0.2) is 5.96 Å². The summed E-state index contributed by atoms with van der Waals surface area (Å²) in [6.45, 7) is 6.12. The number of aliphatic imine (C=N–C) groups is 1. The Kier molecular flexibility index (Phi) is 6.51. The van der Waals surface area contributed by atoms with E-state index in [9.17, 15) is 8.42 Å². The Bertz CT molecular complexity index is 573. The van der Waals surface area contributed by atoms with Gasteiger partial charge in [-0.3, -0.25) is 9.89 Å². The highest BCUT2D eigenvalue weighted by molar-refractivity contribution is 7.99. The maximum absolute atomic E-state index is 12.4. The van der Waals surface area contributed by atoms with Gasteiger partial charge in [0.1, 0.15) is 0 Å². The second-order valence-corrected chi connectivity index (χ2v) is 10.6. The van der Waals surface area contributed by atoms with Gasteiger partial charge in [-0.05, 0) is 18.8 Å². The summed E-state index contributed by atoms with van der Waals surface area (Å²) in [6.07, 6.45) is 2.67. The number of thioether (sulfide) groups is 1. The molecule has 9 heteroatoms. The summed E-state index contributed by atoms with van der Waals surface area (Å²) < 4.78 is 26.4. The van der Waals surface area contributed by atoms with Crippen LogP contribution in [0.5, 0.6) is 0 Å². The summed E-state index contributed by atoms with van der Waals surface area (Å²) in [6, 6.07) is 1.17. The van der Waals surface area contributed by atoms with Crippen molar-refractivity contribution in [3.05, 3.63) is 0 Å². The van der Waals surface area contributed by atoms with E-state index in [1.807, 2.05) is 11.8 Å². The molecule has 3 aliphatic rings. The third-order valence-corrected chi connectivity index (χ3v) is 8.08. The van der Waals surface area contributed by atoms with Crippen LogP contribution in [0.25, 0.3) is 0 Å². The zero-order valence-electron chi connectivity index (χ0n) is 15.3. The van der Waals surface area contributed by atoms with Crippen molar-refractivity contribution in [3.63, 3.8) is 0 Å². The largest absolute Gasteiger partial charge is 0.355 e. The van der Waals surface area contributed by atoms with Crippen LogP contribution in [0.1, 0.15) is 19.8 Å². The highest BCUT2D eigenvalue weighted by atomic mass is 32.2. The van der Waals surface area contributed by atoms with Crippen molar-refractivity contribution >= 4 is 27.7 Å². The number of rotatable bonds is 6. The van der Waals surface area contributed by atoms with Gasteiger partial charge < -0.3 is 10.6 Å². The molecular formula is C16H31N5O2S2. The Morgan fingerprint density at radius 2 is 1.96 bits per heavy atom. The molecule has 0 radical (unpaired) electrons. The van der Waals surface area contributed by atoms with E-state index >= 15 is 0 Å². The van der Waals surface area contributed by atoms with Gasteiger partial charge in [-0.15, -0.1) is 0 Å². The average molecular weight is 390 g/mol. The Labute approximate surface area is 156 Å². The number of hydrogen-bond acceptors (Lipinski definition) is 5. The lowest BCUT2D eigenvalue weighted by molar-refractivity contribution is 0.315. The topological polar surface area (TPSA) is 77.0 Å². The molecule has 7 nitrogen and oxygen atoms in total. The summed E-state index contributed by atoms with van der Waals surface area (Å²) >= 11 is 1.82. The van der Waals surface area contributed by atoms with Crippen molar-refractivity contribution in [2.45, 2.75) is 31.8 Å². The van der Waals surface area contributed by atoms with E-state index in [1.165, 1.54) is 12.8 Å². The number of guanidine groups is 1. The highest BCUT2D eigenvalue weighted by Gasteiger charge is 2.38. The molecule has 0 aromatic rings. The van der Waals surface area contributed by atoms with E-state index in [2.05, 4.69) is 27.4 Å². The molecule has 0 aromatic carbocycles. The molecule has 25 heavy (non-hydrogen) atoms. The molecule has 1 aliphatic carbocycles. The second kappa shape index (κ2) is 8.45. The van der Waals surface area contributed by atoms with Crippen LogP contribution in [-0.4, -0.2) is 92.7 Å². The first-order chi connectivity index (χ1) is 12.0. The molecule has 0 aromatic heterocycles. The predicted molar refractivity (Wildman–Crippen MR) is 105 cm³/mol. The van der Waals surface area contributed by atoms with Crippen LogP contribution in [0.2, 0.25) is 0 Å². The fourth-order valence-electron chi connectivity index (χ4n) is 3.55. The molecule has 3 rings (SSSR count). The number of nitrogens with zero attached hydrogens (tertiary/aromatic N) is 3. The minimum atomic E-state index is -3.17. The van der Waals surface area contributed by atoms with Crippen LogP contribution in [0.15, 0.2) is 4.99 Å². The number of likely N-dealkylation sites (tertiary alicyclic amines) is 1. The van der Waals surface area contributed by atoms with Gasteiger partial charge in [-0.2, -0.15) is 11.8 Å². The van der Waals surface area contributed by atoms with E-state index in [0.29, 0.717) is 37.6 Å². The van der Waals surface area contributed by atoms with E-state index in [1.54, 1.807) is 11.4 Å². The predicted octanol–water partition coefficient (Wildman–Crippen LogP) is 0.0127. The lowest BCUT2D eigenvalue weighted by Crippen LogP contribution is -2.48. The molecule has 1 saturated carbocycles. The third kappa shape index (κ3) is 5.24. The molecule has 2 N–H and O–H groups in total.